The lowest BCUT2D eigenvalue weighted by Gasteiger charge is -2.34. The molecule has 0 aromatic heterocycles. The Morgan fingerprint density at radius 2 is 0.803 bits per heavy atom. The Bertz CT molecular complexity index is 3160. The second kappa shape index (κ2) is 17.0. The first kappa shape index (κ1) is 42.8. The Balaban J connectivity index is 1.37. The maximum atomic E-state index is 2.56. The van der Waals surface area contributed by atoms with Gasteiger partial charge < -0.3 is 9.80 Å². The lowest BCUT2D eigenvalue weighted by molar-refractivity contribution is 0.591. The predicted octanol–water partition coefficient (Wildman–Crippen LogP) is 19.0. The molecule has 2 heteroatoms. The summed E-state index contributed by atoms with van der Waals surface area (Å²) in [6.45, 7) is 20.7. The first-order valence-electron chi connectivity index (χ1n) is 23.7. The van der Waals surface area contributed by atoms with E-state index in [-0.39, 0.29) is 5.41 Å². The van der Waals surface area contributed by atoms with Crippen molar-refractivity contribution in [3.8, 4) is 22.3 Å². The molecule has 10 aromatic rings. The van der Waals surface area contributed by atoms with Crippen LogP contribution in [0.3, 0.4) is 0 Å². The molecule has 0 radical (unpaired) electrons. The van der Waals surface area contributed by atoms with Crippen LogP contribution in [0.4, 0.5) is 34.1 Å². The maximum Gasteiger partial charge on any atom is 0.0561 e. The molecule has 0 aliphatic carbocycles. The molecule has 326 valence electrons. The van der Waals surface area contributed by atoms with Gasteiger partial charge in [0.25, 0.3) is 0 Å². The van der Waals surface area contributed by atoms with Crippen molar-refractivity contribution >= 4 is 66.4 Å². The quantitative estimate of drug-likeness (QED) is 0.126. The first-order chi connectivity index (χ1) is 31.9. The molecule has 66 heavy (non-hydrogen) atoms. The van der Waals surface area contributed by atoms with Crippen molar-refractivity contribution in [2.24, 2.45) is 0 Å². The molecule has 0 amide bonds. The molecule has 0 aliphatic heterocycles. The number of anilines is 6. The lowest BCUT2D eigenvalue weighted by atomic mass is 9.83. The fourth-order valence-electron chi connectivity index (χ4n) is 10.1. The van der Waals surface area contributed by atoms with Crippen LogP contribution in [0, 0.1) is 13.8 Å². The molecule has 0 N–H and O–H groups in total. The average Bonchev–Trinajstić information content (AvgIpc) is 3.32. The van der Waals surface area contributed by atoms with Crippen molar-refractivity contribution in [3.05, 3.63) is 216 Å². The van der Waals surface area contributed by atoms with Crippen LogP contribution < -0.4 is 9.80 Å². The summed E-state index contributed by atoms with van der Waals surface area (Å²) in [5.41, 5.74) is 18.2. The molecule has 0 spiro atoms. The molecule has 2 nitrogen and oxygen atoms in total. The number of hydrogen-bond acceptors (Lipinski definition) is 2. The Labute approximate surface area is 392 Å². The second-order valence-electron chi connectivity index (χ2n) is 19.9. The lowest BCUT2D eigenvalue weighted by Crippen LogP contribution is -2.16. The van der Waals surface area contributed by atoms with Crippen LogP contribution >= 0.6 is 0 Å². The van der Waals surface area contributed by atoms with Gasteiger partial charge in [-0.25, -0.2) is 0 Å². The van der Waals surface area contributed by atoms with Gasteiger partial charge in [-0.1, -0.05) is 194 Å². The zero-order valence-corrected chi connectivity index (χ0v) is 39.9. The van der Waals surface area contributed by atoms with E-state index >= 15 is 0 Å². The Morgan fingerprint density at radius 3 is 1.21 bits per heavy atom. The number of nitrogens with zero attached hydrogens (tertiary/aromatic N) is 2. The summed E-state index contributed by atoms with van der Waals surface area (Å²) in [7, 11) is 0. The largest absolute Gasteiger partial charge is 0.309 e. The van der Waals surface area contributed by atoms with Gasteiger partial charge in [-0.15, -0.1) is 0 Å². The fourth-order valence-corrected chi connectivity index (χ4v) is 10.1. The van der Waals surface area contributed by atoms with Crippen molar-refractivity contribution in [2.45, 2.75) is 79.6 Å². The molecule has 0 bridgehead atoms. The third-order valence-electron chi connectivity index (χ3n) is 13.9. The number of rotatable bonds is 10. The van der Waals surface area contributed by atoms with E-state index < -0.39 is 0 Å². The zero-order chi connectivity index (χ0) is 45.9. The van der Waals surface area contributed by atoms with E-state index in [2.05, 4.69) is 260 Å². The zero-order valence-electron chi connectivity index (χ0n) is 39.9. The molecule has 10 aromatic carbocycles. The van der Waals surface area contributed by atoms with Gasteiger partial charge in [0.1, 0.15) is 0 Å². The van der Waals surface area contributed by atoms with Crippen LogP contribution in [0.5, 0.6) is 0 Å². The van der Waals surface area contributed by atoms with Crippen molar-refractivity contribution in [3.63, 3.8) is 0 Å². The molecular formula is C64H60N2. The minimum Gasteiger partial charge on any atom is -0.309 e. The molecule has 0 heterocycles. The molecule has 0 saturated heterocycles. The summed E-state index contributed by atoms with van der Waals surface area (Å²) in [6, 6.07) is 70.6. The predicted molar refractivity (Wildman–Crippen MR) is 287 cm³/mol. The van der Waals surface area contributed by atoms with Gasteiger partial charge in [0.05, 0.1) is 11.4 Å². The van der Waals surface area contributed by atoms with E-state index in [0.29, 0.717) is 11.8 Å². The van der Waals surface area contributed by atoms with Crippen LogP contribution in [0.15, 0.2) is 188 Å². The van der Waals surface area contributed by atoms with Crippen LogP contribution in [-0.2, 0) is 5.41 Å². The van der Waals surface area contributed by atoms with Crippen LogP contribution in [0.25, 0.3) is 54.6 Å². The number of benzene rings is 10. The van der Waals surface area contributed by atoms with E-state index in [1.165, 1.54) is 82.4 Å². The Kier molecular flexibility index (Phi) is 11.0. The van der Waals surface area contributed by atoms with Gasteiger partial charge in [-0.05, 0) is 140 Å². The summed E-state index contributed by atoms with van der Waals surface area (Å²) < 4.78 is 0. The highest BCUT2D eigenvalue weighted by molar-refractivity contribution is 6.29. The standard InChI is InChI=1S/C64H60N2/c1-41(2)47-24-16-26-52(38-47)65(58-30-18-28-54(43(58)5)45-20-12-10-13-21-45)60-40-61(57-35-33-50-37-51(64(7,8)9)36-49-32-34-56(60)63(57)62(49)50)66(53-27-17-25-48(39-53)42(3)4)59-31-19-29-55(44(59)6)46-22-14-11-15-23-46/h10-42H,1-9H3. The van der Waals surface area contributed by atoms with E-state index in [1.54, 1.807) is 0 Å². The van der Waals surface area contributed by atoms with E-state index in [1.807, 2.05) is 0 Å². The SMILES string of the molecule is Cc1c(-c2ccccc2)cccc1N(c1cccc(C(C)C)c1)c1cc(N(c2cccc(C(C)C)c2)c2cccc(-c3ccccc3)c2C)c2ccc3cc(C(C)(C)C)cc4ccc1c2c43. The third kappa shape index (κ3) is 7.59. The summed E-state index contributed by atoms with van der Waals surface area (Å²) in [6.07, 6.45) is 0. The Hall–Kier alpha value is -7.16. The molecule has 0 saturated carbocycles. The molecule has 0 aliphatic rings. The van der Waals surface area contributed by atoms with Crippen molar-refractivity contribution < 1.29 is 0 Å². The average molecular weight is 857 g/mol. The van der Waals surface area contributed by atoms with E-state index in [9.17, 15) is 0 Å². The molecular weight excluding hydrogens is 797 g/mol. The molecule has 0 fully saturated rings. The van der Waals surface area contributed by atoms with Gasteiger partial charge in [-0.3, -0.25) is 0 Å². The van der Waals surface area contributed by atoms with E-state index in [0.717, 1.165) is 34.1 Å². The molecule has 0 atom stereocenters. The van der Waals surface area contributed by atoms with E-state index in [4.69, 9.17) is 0 Å². The van der Waals surface area contributed by atoms with Crippen molar-refractivity contribution in [2.75, 3.05) is 9.80 Å². The van der Waals surface area contributed by atoms with Gasteiger partial charge in [-0.2, -0.15) is 0 Å². The summed E-state index contributed by atoms with van der Waals surface area (Å²) in [5, 5.41) is 7.56. The summed E-state index contributed by atoms with van der Waals surface area (Å²) in [5.74, 6) is 0.724. The first-order valence-corrected chi connectivity index (χ1v) is 23.7. The summed E-state index contributed by atoms with van der Waals surface area (Å²) in [4.78, 5) is 5.11. The van der Waals surface area contributed by atoms with Crippen molar-refractivity contribution in [1.82, 2.24) is 0 Å². The second-order valence-corrected chi connectivity index (χ2v) is 19.9. The molecule has 10 rings (SSSR count). The van der Waals surface area contributed by atoms with Gasteiger partial charge in [0.15, 0.2) is 0 Å². The van der Waals surface area contributed by atoms with Crippen LogP contribution in [0.1, 0.15) is 88.1 Å². The smallest absolute Gasteiger partial charge is 0.0561 e. The monoisotopic (exact) mass is 856 g/mol. The highest BCUT2D eigenvalue weighted by Crippen LogP contribution is 2.52. The summed E-state index contributed by atoms with van der Waals surface area (Å²) >= 11 is 0. The minimum atomic E-state index is -0.000171. The van der Waals surface area contributed by atoms with Gasteiger partial charge >= 0.3 is 0 Å². The van der Waals surface area contributed by atoms with Crippen LogP contribution in [0.2, 0.25) is 0 Å². The minimum absolute atomic E-state index is 0.000171. The topological polar surface area (TPSA) is 6.48 Å². The normalized spacial score (nSPS) is 12.0. The molecule has 0 unspecified atom stereocenters. The van der Waals surface area contributed by atoms with Crippen molar-refractivity contribution in [1.29, 1.82) is 0 Å². The van der Waals surface area contributed by atoms with Crippen LogP contribution in [-0.4, -0.2) is 0 Å². The van der Waals surface area contributed by atoms with Gasteiger partial charge in [0.2, 0.25) is 0 Å². The van der Waals surface area contributed by atoms with Gasteiger partial charge in [0, 0.05) is 38.9 Å². The fraction of sp³-hybridized carbons (Fsp3) is 0.188. The maximum absolute atomic E-state index is 2.56. The highest BCUT2D eigenvalue weighted by atomic mass is 15.2. The third-order valence-corrected chi connectivity index (χ3v) is 13.9. The highest BCUT2D eigenvalue weighted by Gasteiger charge is 2.28. The number of hydrogen-bond donors (Lipinski definition) is 0. The Morgan fingerprint density at radius 1 is 0.379 bits per heavy atom.